The average molecular weight is 293 g/mol. The Morgan fingerprint density at radius 2 is 1.67 bits per heavy atom. The number of urea groups is 1. The molecule has 3 amide bonds. The highest BCUT2D eigenvalue weighted by Gasteiger charge is 2.05. The van der Waals surface area contributed by atoms with Gasteiger partial charge in [0.25, 0.3) is 0 Å². The van der Waals surface area contributed by atoms with Gasteiger partial charge < -0.3 is 21.1 Å². The van der Waals surface area contributed by atoms with Gasteiger partial charge in [0.1, 0.15) is 0 Å². The lowest BCUT2D eigenvalue weighted by molar-refractivity contribution is -0.137. The van der Waals surface area contributed by atoms with Crippen LogP contribution in [0.3, 0.4) is 0 Å². The van der Waals surface area contributed by atoms with Crippen LogP contribution in [0.25, 0.3) is 0 Å². The molecule has 21 heavy (non-hydrogen) atoms. The molecule has 1 aromatic carbocycles. The number of unbranched alkanes of at least 4 members (excludes halogenated alkanes) is 1. The van der Waals surface area contributed by atoms with Crippen LogP contribution in [0.15, 0.2) is 24.3 Å². The molecule has 4 N–H and O–H groups in total. The van der Waals surface area contributed by atoms with Gasteiger partial charge in [0, 0.05) is 31.3 Å². The summed E-state index contributed by atoms with van der Waals surface area (Å²) in [4.78, 5) is 33.2. The van der Waals surface area contributed by atoms with Crippen molar-refractivity contribution in [3.05, 3.63) is 24.3 Å². The molecule has 0 aromatic heterocycles. The Morgan fingerprint density at radius 1 is 1.05 bits per heavy atom. The van der Waals surface area contributed by atoms with Gasteiger partial charge in [-0.25, -0.2) is 4.79 Å². The van der Waals surface area contributed by atoms with E-state index in [-0.39, 0.29) is 24.8 Å². The van der Waals surface area contributed by atoms with E-state index in [0.29, 0.717) is 24.2 Å². The molecule has 0 saturated heterocycles. The van der Waals surface area contributed by atoms with E-state index in [1.807, 2.05) is 0 Å². The molecule has 0 bridgehead atoms. The Balaban J connectivity index is 2.43. The molecule has 1 rings (SSSR count). The Kier molecular flexibility index (Phi) is 6.73. The molecule has 0 saturated carbocycles. The Bertz CT molecular complexity index is 517. The predicted molar refractivity (Wildman–Crippen MR) is 79.3 cm³/mol. The quantitative estimate of drug-likeness (QED) is 0.577. The van der Waals surface area contributed by atoms with Crippen molar-refractivity contribution >= 4 is 29.3 Å². The minimum absolute atomic E-state index is 0.0683. The number of carbonyl (C=O) groups excluding carboxylic acids is 2. The van der Waals surface area contributed by atoms with Crippen molar-refractivity contribution in [2.45, 2.75) is 25.7 Å². The number of hydrogen-bond donors (Lipinski definition) is 4. The lowest BCUT2D eigenvalue weighted by atomic mass is 10.2. The summed E-state index contributed by atoms with van der Waals surface area (Å²) in [5, 5.41) is 16.2. The highest BCUT2D eigenvalue weighted by molar-refractivity contribution is 5.93. The van der Waals surface area contributed by atoms with E-state index in [4.69, 9.17) is 5.11 Å². The van der Waals surface area contributed by atoms with Crippen LogP contribution >= 0.6 is 0 Å². The molecule has 0 aliphatic heterocycles. The van der Waals surface area contributed by atoms with Crippen molar-refractivity contribution in [2.75, 3.05) is 17.7 Å². The van der Waals surface area contributed by atoms with Crippen LogP contribution in [0, 0.1) is 0 Å². The third-order valence-electron chi connectivity index (χ3n) is 2.68. The number of carbonyl (C=O) groups is 3. The van der Waals surface area contributed by atoms with E-state index >= 15 is 0 Å². The molecule has 0 heterocycles. The van der Waals surface area contributed by atoms with Crippen LogP contribution < -0.4 is 16.0 Å². The second-order valence-electron chi connectivity index (χ2n) is 4.43. The summed E-state index contributed by atoms with van der Waals surface area (Å²) in [7, 11) is 1.51. The zero-order valence-corrected chi connectivity index (χ0v) is 11.8. The number of benzene rings is 1. The molecule has 114 valence electrons. The summed E-state index contributed by atoms with van der Waals surface area (Å²) in [6.07, 6.45) is 1.33. The maximum atomic E-state index is 11.7. The number of hydrogen-bond acceptors (Lipinski definition) is 3. The van der Waals surface area contributed by atoms with Crippen LogP contribution in [0.1, 0.15) is 25.7 Å². The van der Waals surface area contributed by atoms with Crippen molar-refractivity contribution < 1.29 is 19.5 Å². The summed E-state index contributed by atoms with van der Waals surface area (Å²) in [5.41, 5.74) is 1.14. The number of aliphatic carboxylic acids is 1. The molecule has 7 heteroatoms. The van der Waals surface area contributed by atoms with Crippen molar-refractivity contribution in [2.24, 2.45) is 0 Å². The fourth-order valence-electron chi connectivity index (χ4n) is 1.65. The van der Waals surface area contributed by atoms with E-state index in [1.165, 1.54) is 7.05 Å². The summed E-state index contributed by atoms with van der Waals surface area (Å²) < 4.78 is 0. The molecule has 0 unspecified atom stereocenters. The molecular weight excluding hydrogens is 274 g/mol. The van der Waals surface area contributed by atoms with E-state index in [1.54, 1.807) is 24.3 Å². The van der Waals surface area contributed by atoms with E-state index in [2.05, 4.69) is 16.0 Å². The average Bonchev–Trinajstić information content (AvgIpc) is 2.43. The summed E-state index contributed by atoms with van der Waals surface area (Å²) >= 11 is 0. The number of carboxylic acids is 1. The summed E-state index contributed by atoms with van der Waals surface area (Å²) in [6.45, 7) is 0. The van der Waals surface area contributed by atoms with Crippen molar-refractivity contribution in [1.29, 1.82) is 0 Å². The second kappa shape index (κ2) is 8.57. The third kappa shape index (κ3) is 6.95. The van der Waals surface area contributed by atoms with Crippen LogP contribution in [0.4, 0.5) is 16.2 Å². The lowest BCUT2D eigenvalue weighted by Gasteiger charge is -2.08. The first kappa shape index (κ1) is 16.5. The summed E-state index contributed by atoms with van der Waals surface area (Å²) in [6, 6.07) is 6.43. The third-order valence-corrected chi connectivity index (χ3v) is 2.68. The number of rotatable bonds is 7. The first-order valence-corrected chi connectivity index (χ1v) is 6.61. The Labute approximate surface area is 122 Å². The van der Waals surface area contributed by atoms with E-state index in [0.717, 1.165) is 0 Å². The Hall–Kier alpha value is -2.57. The standard InChI is InChI=1S/C14H19N3O4/c1-15-14(21)17-11-6-4-5-10(9-11)16-12(18)7-2-3-8-13(19)20/h4-6,9H,2-3,7-8H2,1H3,(H,16,18)(H,19,20)(H2,15,17,21). The zero-order chi connectivity index (χ0) is 15.7. The molecule has 1 aromatic rings. The van der Waals surface area contributed by atoms with Crippen LogP contribution in [-0.4, -0.2) is 30.1 Å². The van der Waals surface area contributed by atoms with Gasteiger partial charge in [0.2, 0.25) is 5.91 Å². The molecule has 0 atom stereocenters. The van der Waals surface area contributed by atoms with Crippen LogP contribution in [-0.2, 0) is 9.59 Å². The smallest absolute Gasteiger partial charge is 0.318 e. The number of nitrogens with one attached hydrogen (secondary N) is 3. The Morgan fingerprint density at radius 3 is 2.29 bits per heavy atom. The molecule has 0 radical (unpaired) electrons. The first-order valence-electron chi connectivity index (χ1n) is 6.61. The maximum absolute atomic E-state index is 11.7. The molecule has 0 aliphatic rings. The lowest BCUT2D eigenvalue weighted by Crippen LogP contribution is -2.24. The largest absolute Gasteiger partial charge is 0.481 e. The molecule has 0 spiro atoms. The van der Waals surface area contributed by atoms with Gasteiger partial charge in [0.15, 0.2) is 0 Å². The monoisotopic (exact) mass is 293 g/mol. The fourth-order valence-corrected chi connectivity index (χ4v) is 1.65. The maximum Gasteiger partial charge on any atom is 0.318 e. The normalized spacial score (nSPS) is 9.76. The van der Waals surface area contributed by atoms with Crippen molar-refractivity contribution in [3.63, 3.8) is 0 Å². The molecule has 0 aliphatic carbocycles. The number of anilines is 2. The van der Waals surface area contributed by atoms with E-state index in [9.17, 15) is 14.4 Å². The van der Waals surface area contributed by atoms with Gasteiger partial charge in [-0.1, -0.05) is 6.07 Å². The van der Waals surface area contributed by atoms with Gasteiger partial charge in [-0.3, -0.25) is 9.59 Å². The topological polar surface area (TPSA) is 108 Å². The number of carboxylic acid groups (broad SMARTS) is 1. The highest BCUT2D eigenvalue weighted by atomic mass is 16.4. The van der Waals surface area contributed by atoms with Crippen molar-refractivity contribution in [1.82, 2.24) is 5.32 Å². The second-order valence-corrected chi connectivity index (χ2v) is 4.43. The van der Waals surface area contributed by atoms with Gasteiger partial charge in [0.05, 0.1) is 0 Å². The SMILES string of the molecule is CNC(=O)Nc1cccc(NC(=O)CCCCC(=O)O)c1. The van der Waals surface area contributed by atoms with Gasteiger partial charge in [-0.2, -0.15) is 0 Å². The van der Waals surface area contributed by atoms with Crippen LogP contribution in [0.5, 0.6) is 0 Å². The minimum atomic E-state index is -0.858. The number of amides is 3. The van der Waals surface area contributed by atoms with E-state index < -0.39 is 5.97 Å². The van der Waals surface area contributed by atoms with Crippen molar-refractivity contribution in [3.8, 4) is 0 Å². The van der Waals surface area contributed by atoms with Crippen LogP contribution in [0.2, 0.25) is 0 Å². The summed E-state index contributed by atoms with van der Waals surface area (Å²) in [5.74, 6) is -1.04. The van der Waals surface area contributed by atoms with Gasteiger partial charge in [-0.05, 0) is 31.0 Å². The first-order chi connectivity index (χ1) is 10.0. The highest BCUT2D eigenvalue weighted by Crippen LogP contribution is 2.15. The molecule has 7 nitrogen and oxygen atoms in total. The predicted octanol–water partition coefficient (Wildman–Crippen LogP) is 2.02. The van der Waals surface area contributed by atoms with Gasteiger partial charge in [-0.15, -0.1) is 0 Å². The fraction of sp³-hybridized carbons (Fsp3) is 0.357. The zero-order valence-electron chi connectivity index (χ0n) is 11.8. The molecular formula is C14H19N3O4. The van der Waals surface area contributed by atoms with Gasteiger partial charge >= 0.3 is 12.0 Å². The minimum Gasteiger partial charge on any atom is -0.481 e. The molecule has 0 fully saturated rings.